The lowest BCUT2D eigenvalue weighted by Gasteiger charge is -2.06. The number of aromatic nitrogens is 2. The molecular weight excluding hydrogens is 340 g/mol. The zero-order valence-corrected chi connectivity index (χ0v) is 11.4. The zero-order chi connectivity index (χ0) is 11.7. The van der Waals surface area contributed by atoms with E-state index in [4.69, 9.17) is 5.73 Å². The summed E-state index contributed by atoms with van der Waals surface area (Å²) in [5.41, 5.74) is 6.40. The lowest BCUT2D eigenvalue weighted by atomic mass is 10.3. The Hall–Kier alpha value is -0.760. The molecule has 0 spiro atoms. The number of halogens is 2. The van der Waals surface area contributed by atoms with Crippen molar-refractivity contribution in [1.82, 2.24) is 9.55 Å². The Morgan fingerprint density at radius 2 is 2.25 bits per heavy atom. The number of hydrogen-bond donors (Lipinski definition) is 1. The van der Waals surface area contributed by atoms with Gasteiger partial charge in [-0.2, -0.15) is 0 Å². The summed E-state index contributed by atoms with van der Waals surface area (Å²) >= 11 is 3.27. The minimum absolute atomic E-state index is 0.258. The molecule has 0 aliphatic heterocycles. The van der Waals surface area contributed by atoms with E-state index in [1.807, 2.05) is 40.4 Å². The molecule has 0 radical (unpaired) electrons. The van der Waals surface area contributed by atoms with Gasteiger partial charge in [0.1, 0.15) is 5.82 Å². The van der Waals surface area contributed by atoms with Crippen LogP contribution in [0.2, 0.25) is 0 Å². The molecule has 1 heterocycles. The summed E-state index contributed by atoms with van der Waals surface area (Å²) in [4.78, 5) is 4.84. The minimum atomic E-state index is -0.258. The Balaban J connectivity index is 2.35. The molecule has 6 heteroatoms. The first-order chi connectivity index (χ1) is 7.58. The van der Waals surface area contributed by atoms with Gasteiger partial charge >= 0.3 is 0 Å². The summed E-state index contributed by atoms with van der Waals surface area (Å²) in [6, 6.07) is 3.07. The molecular formula is C10H9FIN3S. The minimum Gasteiger partial charge on any atom is -0.398 e. The van der Waals surface area contributed by atoms with Gasteiger partial charge < -0.3 is 10.3 Å². The van der Waals surface area contributed by atoms with Crippen LogP contribution in [0.25, 0.3) is 0 Å². The molecule has 3 nitrogen and oxygen atoms in total. The second-order valence-corrected chi connectivity index (χ2v) is 5.40. The molecule has 0 saturated carbocycles. The smallest absolute Gasteiger partial charge is 0.172 e. The van der Waals surface area contributed by atoms with E-state index < -0.39 is 0 Å². The first-order valence-electron chi connectivity index (χ1n) is 4.47. The van der Waals surface area contributed by atoms with Gasteiger partial charge in [-0.25, -0.2) is 9.37 Å². The molecule has 0 fully saturated rings. The number of rotatable bonds is 2. The highest BCUT2D eigenvalue weighted by Gasteiger charge is 2.09. The zero-order valence-electron chi connectivity index (χ0n) is 8.45. The maximum atomic E-state index is 13.4. The quantitative estimate of drug-likeness (QED) is 0.670. The largest absolute Gasteiger partial charge is 0.398 e. The Morgan fingerprint density at radius 1 is 1.50 bits per heavy atom. The van der Waals surface area contributed by atoms with Crippen LogP contribution in [0.15, 0.2) is 34.6 Å². The van der Waals surface area contributed by atoms with Gasteiger partial charge in [-0.1, -0.05) is 0 Å². The number of imidazole rings is 1. The lowest BCUT2D eigenvalue weighted by molar-refractivity contribution is 0.617. The van der Waals surface area contributed by atoms with Crippen LogP contribution in [0.3, 0.4) is 0 Å². The lowest BCUT2D eigenvalue weighted by Crippen LogP contribution is -1.95. The van der Waals surface area contributed by atoms with Crippen LogP contribution < -0.4 is 5.73 Å². The summed E-state index contributed by atoms with van der Waals surface area (Å²) in [7, 11) is 1.88. The topological polar surface area (TPSA) is 43.8 Å². The normalized spacial score (nSPS) is 10.7. The van der Waals surface area contributed by atoms with Gasteiger partial charge in [0.25, 0.3) is 0 Å². The number of nitrogens with zero attached hydrogens (tertiary/aromatic N) is 2. The molecule has 2 rings (SSSR count). The summed E-state index contributed by atoms with van der Waals surface area (Å²) in [6.45, 7) is 0. The number of nitrogens with two attached hydrogens (primary N) is 1. The fourth-order valence-corrected chi connectivity index (χ4v) is 2.53. The van der Waals surface area contributed by atoms with E-state index in [0.29, 0.717) is 14.2 Å². The van der Waals surface area contributed by atoms with E-state index in [1.165, 1.54) is 17.8 Å². The Kier molecular flexibility index (Phi) is 3.38. The van der Waals surface area contributed by atoms with Crippen molar-refractivity contribution in [2.45, 2.75) is 10.1 Å². The monoisotopic (exact) mass is 349 g/mol. The van der Waals surface area contributed by atoms with Crippen molar-refractivity contribution in [2.75, 3.05) is 5.73 Å². The van der Waals surface area contributed by atoms with Crippen molar-refractivity contribution >= 4 is 40.0 Å². The van der Waals surface area contributed by atoms with E-state index in [1.54, 1.807) is 12.3 Å². The predicted molar refractivity (Wildman–Crippen MR) is 70.9 cm³/mol. The first kappa shape index (κ1) is 11.7. The highest BCUT2D eigenvalue weighted by Crippen LogP contribution is 2.32. The third-order valence-corrected chi connectivity index (χ3v) is 4.01. The van der Waals surface area contributed by atoms with Crippen molar-refractivity contribution in [3.8, 4) is 0 Å². The molecule has 16 heavy (non-hydrogen) atoms. The van der Waals surface area contributed by atoms with Gasteiger partial charge in [-0.3, -0.25) is 0 Å². The molecule has 0 saturated heterocycles. The Morgan fingerprint density at radius 3 is 2.88 bits per heavy atom. The van der Waals surface area contributed by atoms with Gasteiger partial charge in [0.05, 0.1) is 3.57 Å². The molecule has 0 aliphatic carbocycles. The van der Waals surface area contributed by atoms with Crippen LogP contribution in [-0.2, 0) is 7.05 Å². The van der Waals surface area contributed by atoms with Crippen molar-refractivity contribution in [1.29, 1.82) is 0 Å². The van der Waals surface area contributed by atoms with Crippen LogP contribution >= 0.6 is 34.4 Å². The van der Waals surface area contributed by atoms with E-state index in [-0.39, 0.29) is 5.82 Å². The maximum Gasteiger partial charge on any atom is 0.172 e. The molecule has 2 N–H and O–H groups in total. The Bertz CT molecular complexity index is 527. The SMILES string of the molecule is Cn1ccnc1Sc1cc(F)c(I)cc1N. The average Bonchev–Trinajstić information content (AvgIpc) is 2.61. The second-order valence-electron chi connectivity index (χ2n) is 3.23. The van der Waals surface area contributed by atoms with Crippen LogP contribution in [-0.4, -0.2) is 9.55 Å². The molecule has 0 amide bonds. The average molecular weight is 349 g/mol. The molecule has 0 aliphatic rings. The van der Waals surface area contributed by atoms with Gasteiger partial charge in [-0.05, 0) is 46.5 Å². The summed E-state index contributed by atoms with van der Waals surface area (Å²) in [5.74, 6) is -0.258. The predicted octanol–water partition coefficient (Wildman–Crippen LogP) is 2.90. The molecule has 2 aromatic rings. The van der Waals surface area contributed by atoms with Crippen LogP contribution in [0.5, 0.6) is 0 Å². The molecule has 0 unspecified atom stereocenters. The number of anilines is 1. The van der Waals surface area contributed by atoms with E-state index >= 15 is 0 Å². The van der Waals surface area contributed by atoms with Gasteiger partial charge in [0.2, 0.25) is 0 Å². The van der Waals surface area contributed by atoms with Gasteiger partial charge in [-0.15, -0.1) is 0 Å². The molecule has 1 aromatic heterocycles. The molecule has 0 atom stereocenters. The van der Waals surface area contributed by atoms with Gasteiger partial charge in [0.15, 0.2) is 5.16 Å². The number of aryl methyl sites for hydroxylation is 1. The highest BCUT2D eigenvalue weighted by molar-refractivity contribution is 14.1. The number of benzene rings is 1. The van der Waals surface area contributed by atoms with E-state index in [0.717, 1.165) is 5.16 Å². The molecule has 0 bridgehead atoms. The summed E-state index contributed by atoms with van der Waals surface area (Å²) in [5, 5.41) is 0.785. The van der Waals surface area contributed by atoms with Crippen LogP contribution in [0, 0.1) is 9.39 Å². The van der Waals surface area contributed by atoms with Crippen LogP contribution in [0.1, 0.15) is 0 Å². The third kappa shape index (κ3) is 2.32. The van der Waals surface area contributed by atoms with E-state index in [9.17, 15) is 4.39 Å². The van der Waals surface area contributed by atoms with E-state index in [2.05, 4.69) is 4.98 Å². The summed E-state index contributed by atoms with van der Waals surface area (Å²) < 4.78 is 15.8. The van der Waals surface area contributed by atoms with Crippen LogP contribution in [0.4, 0.5) is 10.1 Å². The Labute approximate surface area is 110 Å². The fraction of sp³-hybridized carbons (Fsp3) is 0.100. The highest BCUT2D eigenvalue weighted by atomic mass is 127. The second kappa shape index (κ2) is 4.62. The standard InChI is InChI=1S/C10H9FIN3S/c1-15-3-2-14-10(15)16-9-4-6(11)7(12)5-8(9)13/h2-5H,13H2,1H3. The fourth-order valence-electron chi connectivity index (χ4n) is 1.18. The van der Waals surface area contributed by atoms with Crippen molar-refractivity contribution in [3.63, 3.8) is 0 Å². The maximum absolute atomic E-state index is 13.4. The van der Waals surface area contributed by atoms with Gasteiger partial charge in [0, 0.05) is 30.0 Å². The van der Waals surface area contributed by atoms with Crippen molar-refractivity contribution < 1.29 is 4.39 Å². The third-order valence-electron chi connectivity index (χ3n) is 2.03. The van der Waals surface area contributed by atoms with Crippen molar-refractivity contribution in [2.24, 2.45) is 7.05 Å². The molecule has 84 valence electrons. The van der Waals surface area contributed by atoms with Crippen molar-refractivity contribution in [3.05, 3.63) is 33.9 Å². The summed E-state index contributed by atoms with van der Waals surface area (Å²) in [6.07, 6.45) is 3.53. The number of hydrogen-bond acceptors (Lipinski definition) is 3. The first-order valence-corrected chi connectivity index (χ1v) is 6.37. The number of nitrogen functional groups attached to an aromatic ring is 1. The molecule has 1 aromatic carbocycles.